The van der Waals surface area contributed by atoms with Crippen LogP contribution in [0.5, 0.6) is 0 Å². The second kappa shape index (κ2) is 5.19. The van der Waals surface area contributed by atoms with Crippen LogP contribution in [0.15, 0.2) is 30.7 Å². The molecule has 2 unspecified atom stereocenters. The molecule has 1 fully saturated rings. The third kappa shape index (κ3) is 2.23. The normalized spacial score (nSPS) is 24.6. The first-order valence-electron chi connectivity index (χ1n) is 7.82. The summed E-state index contributed by atoms with van der Waals surface area (Å²) in [5.41, 5.74) is 5.21. The summed E-state index contributed by atoms with van der Waals surface area (Å²) in [6, 6.07) is 7.07. The van der Waals surface area contributed by atoms with Crippen molar-refractivity contribution in [2.45, 2.75) is 38.3 Å². The van der Waals surface area contributed by atoms with Gasteiger partial charge in [-0.1, -0.05) is 18.2 Å². The lowest BCUT2D eigenvalue weighted by Crippen LogP contribution is -2.25. The summed E-state index contributed by atoms with van der Waals surface area (Å²) < 4.78 is 8.02. The highest BCUT2D eigenvalue weighted by Gasteiger charge is 2.24. The third-order valence-electron chi connectivity index (χ3n) is 4.64. The zero-order valence-corrected chi connectivity index (χ0v) is 12.4. The van der Waals surface area contributed by atoms with Crippen LogP contribution in [-0.2, 0) is 11.2 Å². The summed E-state index contributed by atoms with van der Waals surface area (Å²) in [6.07, 6.45) is 7.55. The van der Waals surface area contributed by atoms with Crippen molar-refractivity contribution in [1.29, 1.82) is 0 Å². The van der Waals surface area contributed by atoms with Crippen LogP contribution in [0, 0.1) is 0 Å². The minimum absolute atomic E-state index is 0.332. The van der Waals surface area contributed by atoms with Crippen LogP contribution < -0.4 is 5.32 Å². The van der Waals surface area contributed by atoms with Gasteiger partial charge < -0.3 is 14.6 Å². The molecule has 4 nitrogen and oxygen atoms in total. The number of hydrogen-bond donors (Lipinski definition) is 1. The maximum Gasteiger partial charge on any atom is 0.0953 e. The number of anilines is 1. The Labute approximate surface area is 125 Å². The zero-order valence-electron chi connectivity index (χ0n) is 12.4. The van der Waals surface area contributed by atoms with Gasteiger partial charge in [-0.05, 0) is 31.7 Å². The van der Waals surface area contributed by atoms with Gasteiger partial charge in [-0.15, -0.1) is 0 Å². The lowest BCUT2D eigenvalue weighted by molar-refractivity contribution is 0.00625. The molecule has 2 aliphatic rings. The van der Waals surface area contributed by atoms with E-state index in [0.29, 0.717) is 12.1 Å². The SMILES string of the molecule is CC1CC(n2cncc2-c2cccc3c2NCC3)CCO1. The van der Waals surface area contributed by atoms with Gasteiger partial charge in [-0.25, -0.2) is 4.98 Å². The minimum atomic E-state index is 0.332. The molecule has 1 N–H and O–H groups in total. The summed E-state index contributed by atoms with van der Waals surface area (Å²) in [5.74, 6) is 0. The Balaban J connectivity index is 1.74. The van der Waals surface area contributed by atoms with E-state index >= 15 is 0 Å². The molecule has 3 heterocycles. The standard InChI is InChI=1S/C17H21N3O/c1-12-9-14(6-8-21-12)20-11-18-10-16(20)15-4-2-3-13-5-7-19-17(13)15/h2-4,10-12,14,19H,5-9H2,1H3. The van der Waals surface area contributed by atoms with Crippen molar-refractivity contribution in [3.05, 3.63) is 36.3 Å². The predicted octanol–water partition coefficient (Wildman–Crippen LogP) is 3.26. The number of imidazole rings is 1. The molecular formula is C17H21N3O. The summed E-state index contributed by atoms with van der Waals surface area (Å²) in [5, 5.41) is 3.53. The molecule has 2 aromatic rings. The van der Waals surface area contributed by atoms with Crippen molar-refractivity contribution in [1.82, 2.24) is 9.55 Å². The predicted molar refractivity (Wildman–Crippen MR) is 83.5 cm³/mol. The fourth-order valence-electron chi connectivity index (χ4n) is 3.58. The van der Waals surface area contributed by atoms with E-state index < -0.39 is 0 Å². The summed E-state index contributed by atoms with van der Waals surface area (Å²) in [6.45, 7) is 4.04. The topological polar surface area (TPSA) is 39.1 Å². The first-order valence-corrected chi connectivity index (χ1v) is 7.82. The first-order chi connectivity index (χ1) is 10.3. The second-order valence-corrected chi connectivity index (χ2v) is 6.06. The molecule has 0 aliphatic carbocycles. The molecule has 1 aromatic carbocycles. The zero-order chi connectivity index (χ0) is 14.2. The Morgan fingerprint density at radius 2 is 2.33 bits per heavy atom. The van der Waals surface area contributed by atoms with Gasteiger partial charge in [0.1, 0.15) is 0 Å². The van der Waals surface area contributed by atoms with Gasteiger partial charge in [0.15, 0.2) is 0 Å². The number of hydrogen-bond acceptors (Lipinski definition) is 3. The third-order valence-corrected chi connectivity index (χ3v) is 4.64. The van der Waals surface area contributed by atoms with Crippen LogP contribution >= 0.6 is 0 Å². The van der Waals surface area contributed by atoms with Crippen LogP contribution in [0.3, 0.4) is 0 Å². The molecule has 0 amide bonds. The summed E-state index contributed by atoms with van der Waals surface area (Å²) in [7, 11) is 0. The number of nitrogens with zero attached hydrogens (tertiary/aromatic N) is 2. The molecule has 0 bridgehead atoms. The first kappa shape index (κ1) is 12.9. The average Bonchev–Trinajstić information content (AvgIpc) is 3.16. The summed E-state index contributed by atoms with van der Waals surface area (Å²) >= 11 is 0. The van der Waals surface area contributed by atoms with Crippen molar-refractivity contribution in [2.75, 3.05) is 18.5 Å². The van der Waals surface area contributed by atoms with Crippen LogP contribution in [0.25, 0.3) is 11.3 Å². The Hall–Kier alpha value is -1.81. The van der Waals surface area contributed by atoms with Crippen molar-refractivity contribution >= 4 is 5.69 Å². The Kier molecular flexibility index (Phi) is 3.19. The van der Waals surface area contributed by atoms with E-state index in [2.05, 4.69) is 40.0 Å². The van der Waals surface area contributed by atoms with E-state index in [1.165, 1.54) is 22.5 Å². The summed E-state index contributed by atoms with van der Waals surface area (Å²) in [4.78, 5) is 4.42. The molecule has 4 heteroatoms. The van der Waals surface area contributed by atoms with Crippen LogP contribution in [-0.4, -0.2) is 28.8 Å². The van der Waals surface area contributed by atoms with Gasteiger partial charge in [0.25, 0.3) is 0 Å². The Bertz CT molecular complexity index is 649. The van der Waals surface area contributed by atoms with E-state index in [4.69, 9.17) is 4.74 Å². The Morgan fingerprint density at radius 1 is 1.38 bits per heavy atom. The maximum atomic E-state index is 5.68. The molecule has 1 saturated heterocycles. The van der Waals surface area contributed by atoms with Crippen molar-refractivity contribution in [2.24, 2.45) is 0 Å². The smallest absolute Gasteiger partial charge is 0.0953 e. The quantitative estimate of drug-likeness (QED) is 0.919. The largest absolute Gasteiger partial charge is 0.384 e. The van der Waals surface area contributed by atoms with Crippen LogP contribution in [0.2, 0.25) is 0 Å². The highest BCUT2D eigenvalue weighted by molar-refractivity contribution is 5.79. The van der Waals surface area contributed by atoms with Crippen LogP contribution in [0.1, 0.15) is 31.4 Å². The lowest BCUT2D eigenvalue weighted by Gasteiger charge is -2.29. The van der Waals surface area contributed by atoms with Gasteiger partial charge in [-0.3, -0.25) is 0 Å². The molecule has 0 radical (unpaired) electrons. The number of benzene rings is 1. The number of ether oxygens (including phenoxy) is 1. The average molecular weight is 283 g/mol. The molecule has 2 atom stereocenters. The number of aromatic nitrogens is 2. The second-order valence-electron chi connectivity index (χ2n) is 6.06. The molecular weight excluding hydrogens is 262 g/mol. The van der Waals surface area contributed by atoms with E-state index in [1.807, 2.05) is 12.5 Å². The molecule has 21 heavy (non-hydrogen) atoms. The number of fused-ring (bicyclic) bond motifs is 1. The van der Waals surface area contributed by atoms with E-state index in [9.17, 15) is 0 Å². The van der Waals surface area contributed by atoms with Gasteiger partial charge in [0.05, 0.1) is 24.3 Å². The van der Waals surface area contributed by atoms with Gasteiger partial charge in [-0.2, -0.15) is 0 Å². The Morgan fingerprint density at radius 3 is 3.24 bits per heavy atom. The molecule has 4 rings (SSSR count). The van der Waals surface area contributed by atoms with Gasteiger partial charge in [0.2, 0.25) is 0 Å². The number of para-hydroxylation sites is 1. The van der Waals surface area contributed by atoms with E-state index in [0.717, 1.165) is 32.4 Å². The number of rotatable bonds is 2. The lowest BCUT2D eigenvalue weighted by atomic mass is 10.0. The molecule has 0 saturated carbocycles. The van der Waals surface area contributed by atoms with E-state index in [-0.39, 0.29) is 0 Å². The highest BCUT2D eigenvalue weighted by Crippen LogP contribution is 2.37. The molecule has 1 aromatic heterocycles. The molecule has 2 aliphatic heterocycles. The van der Waals surface area contributed by atoms with Gasteiger partial charge >= 0.3 is 0 Å². The molecule has 0 spiro atoms. The molecule has 110 valence electrons. The number of nitrogens with one attached hydrogen (secondary N) is 1. The van der Waals surface area contributed by atoms with Crippen LogP contribution in [0.4, 0.5) is 5.69 Å². The van der Waals surface area contributed by atoms with Gasteiger partial charge in [0, 0.05) is 30.4 Å². The van der Waals surface area contributed by atoms with Crippen molar-refractivity contribution in [3.63, 3.8) is 0 Å². The van der Waals surface area contributed by atoms with E-state index in [1.54, 1.807) is 0 Å². The van der Waals surface area contributed by atoms with Crippen molar-refractivity contribution < 1.29 is 4.74 Å². The maximum absolute atomic E-state index is 5.68. The monoisotopic (exact) mass is 283 g/mol. The minimum Gasteiger partial charge on any atom is -0.384 e. The fraction of sp³-hybridized carbons (Fsp3) is 0.471. The highest BCUT2D eigenvalue weighted by atomic mass is 16.5. The van der Waals surface area contributed by atoms with Crippen molar-refractivity contribution in [3.8, 4) is 11.3 Å². The fourth-order valence-corrected chi connectivity index (χ4v) is 3.58.